The fourth-order valence-electron chi connectivity index (χ4n) is 3.24. The molecule has 1 rings (SSSR count). The van der Waals surface area contributed by atoms with Crippen LogP contribution in [0.25, 0.3) is 0 Å². The lowest BCUT2D eigenvalue weighted by Gasteiger charge is -2.39. The molecule has 0 radical (unpaired) electrons. The van der Waals surface area contributed by atoms with E-state index in [9.17, 15) is 4.79 Å². The van der Waals surface area contributed by atoms with E-state index >= 15 is 0 Å². The molecular weight excluding hydrogens is 226 g/mol. The molecule has 3 unspecified atom stereocenters. The van der Waals surface area contributed by atoms with E-state index < -0.39 is 0 Å². The monoisotopic (exact) mass is 255 g/mol. The highest BCUT2D eigenvalue weighted by Gasteiger charge is 2.35. The zero-order chi connectivity index (χ0) is 13.9. The minimum atomic E-state index is -0.162. The summed E-state index contributed by atoms with van der Waals surface area (Å²) in [6.07, 6.45) is 3.25. The van der Waals surface area contributed by atoms with Crippen LogP contribution in [0.2, 0.25) is 0 Å². The van der Waals surface area contributed by atoms with Gasteiger partial charge in [-0.05, 0) is 36.5 Å². The molecule has 0 spiro atoms. The second kappa shape index (κ2) is 6.05. The molecular formula is C15H29NO2. The largest absolute Gasteiger partial charge is 0.462 e. The molecule has 2 N–H and O–H groups in total. The lowest BCUT2D eigenvalue weighted by molar-refractivity contribution is -0.159. The highest BCUT2D eigenvalue weighted by atomic mass is 16.5. The molecule has 1 fully saturated rings. The van der Waals surface area contributed by atoms with E-state index in [0.717, 1.165) is 12.8 Å². The summed E-state index contributed by atoms with van der Waals surface area (Å²) >= 11 is 0. The third-order valence-corrected chi connectivity index (χ3v) is 3.99. The molecule has 1 aliphatic rings. The van der Waals surface area contributed by atoms with Gasteiger partial charge in [-0.3, -0.25) is 4.79 Å². The Morgan fingerprint density at radius 1 is 1.39 bits per heavy atom. The van der Waals surface area contributed by atoms with Crippen LogP contribution >= 0.6 is 0 Å². The van der Waals surface area contributed by atoms with Crippen LogP contribution in [0.5, 0.6) is 0 Å². The van der Waals surface area contributed by atoms with Gasteiger partial charge in [0.05, 0.1) is 5.92 Å². The summed E-state index contributed by atoms with van der Waals surface area (Å²) in [5, 5.41) is 0. The van der Waals surface area contributed by atoms with Gasteiger partial charge in [-0.2, -0.15) is 0 Å². The van der Waals surface area contributed by atoms with Crippen molar-refractivity contribution in [3.63, 3.8) is 0 Å². The SMILES string of the molecule is CC1CC(OC(=O)C(CN)C(C)C)CC(C)(C)C1. The molecule has 0 aromatic heterocycles. The molecule has 1 aliphatic carbocycles. The molecule has 106 valence electrons. The normalized spacial score (nSPS) is 29.1. The molecule has 0 amide bonds. The van der Waals surface area contributed by atoms with E-state index in [1.54, 1.807) is 0 Å². The number of nitrogens with two attached hydrogens (primary N) is 1. The van der Waals surface area contributed by atoms with Crippen molar-refractivity contribution in [2.45, 2.75) is 60.0 Å². The third-order valence-electron chi connectivity index (χ3n) is 3.99. The molecule has 1 saturated carbocycles. The highest BCUT2D eigenvalue weighted by molar-refractivity contribution is 5.73. The van der Waals surface area contributed by atoms with E-state index in [4.69, 9.17) is 10.5 Å². The summed E-state index contributed by atoms with van der Waals surface area (Å²) in [6, 6.07) is 0. The van der Waals surface area contributed by atoms with Crippen LogP contribution < -0.4 is 5.73 Å². The maximum atomic E-state index is 12.1. The minimum absolute atomic E-state index is 0.0732. The van der Waals surface area contributed by atoms with Gasteiger partial charge in [0.25, 0.3) is 0 Å². The maximum Gasteiger partial charge on any atom is 0.310 e. The van der Waals surface area contributed by atoms with Crippen LogP contribution in [-0.2, 0) is 9.53 Å². The van der Waals surface area contributed by atoms with Gasteiger partial charge in [0.1, 0.15) is 6.10 Å². The van der Waals surface area contributed by atoms with Crippen molar-refractivity contribution < 1.29 is 9.53 Å². The average molecular weight is 255 g/mol. The Kier molecular flexibility index (Phi) is 5.20. The number of carbonyl (C=O) groups is 1. The topological polar surface area (TPSA) is 52.3 Å². The average Bonchev–Trinajstić information content (AvgIpc) is 2.13. The molecule has 0 aromatic rings. The Bertz CT molecular complexity index is 286. The molecule has 0 aromatic carbocycles. The molecule has 3 heteroatoms. The number of esters is 1. The molecule has 3 atom stereocenters. The first-order valence-corrected chi connectivity index (χ1v) is 7.15. The zero-order valence-electron chi connectivity index (χ0n) is 12.5. The van der Waals surface area contributed by atoms with Crippen molar-refractivity contribution in [2.24, 2.45) is 28.9 Å². The van der Waals surface area contributed by atoms with Crippen LogP contribution in [0.1, 0.15) is 53.9 Å². The fourth-order valence-corrected chi connectivity index (χ4v) is 3.24. The van der Waals surface area contributed by atoms with Crippen LogP contribution in [-0.4, -0.2) is 18.6 Å². The van der Waals surface area contributed by atoms with Gasteiger partial charge in [0, 0.05) is 6.54 Å². The summed E-state index contributed by atoms with van der Waals surface area (Å²) in [7, 11) is 0. The standard InChI is InChI=1S/C15H29NO2/c1-10(2)13(9-16)14(17)18-12-6-11(3)7-15(4,5)8-12/h10-13H,6-9,16H2,1-5H3. The van der Waals surface area contributed by atoms with Gasteiger partial charge in [0.2, 0.25) is 0 Å². The molecule has 0 saturated heterocycles. The summed E-state index contributed by atoms with van der Waals surface area (Å²) < 4.78 is 5.69. The lowest BCUT2D eigenvalue weighted by atomic mass is 9.71. The summed E-state index contributed by atoms with van der Waals surface area (Å²) in [4.78, 5) is 12.1. The molecule has 0 bridgehead atoms. The van der Waals surface area contributed by atoms with Gasteiger partial charge in [0.15, 0.2) is 0 Å². The van der Waals surface area contributed by atoms with Crippen molar-refractivity contribution in [1.29, 1.82) is 0 Å². The highest BCUT2D eigenvalue weighted by Crippen LogP contribution is 2.39. The summed E-state index contributed by atoms with van der Waals surface area (Å²) in [5.74, 6) is 0.603. The van der Waals surface area contributed by atoms with Crippen molar-refractivity contribution in [1.82, 2.24) is 0 Å². The lowest BCUT2D eigenvalue weighted by Crippen LogP contribution is -2.38. The third kappa shape index (κ3) is 4.27. The van der Waals surface area contributed by atoms with E-state index in [0.29, 0.717) is 12.5 Å². The number of ether oxygens (including phenoxy) is 1. The fraction of sp³-hybridized carbons (Fsp3) is 0.933. The first kappa shape index (κ1) is 15.5. The van der Waals surface area contributed by atoms with Crippen LogP contribution in [0.3, 0.4) is 0 Å². The number of carbonyl (C=O) groups excluding carboxylic acids is 1. The smallest absolute Gasteiger partial charge is 0.310 e. The maximum absolute atomic E-state index is 12.1. The molecule has 0 aliphatic heterocycles. The second-order valence-electron chi connectivity index (χ2n) is 7.06. The first-order chi connectivity index (χ1) is 8.25. The molecule has 3 nitrogen and oxygen atoms in total. The zero-order valence-corrected chi connectivity index (χ0v) is 12.5. The van der Waals surface area contributed by atoms with Crippen LogP contribution in [0, 0.1) is 23.2 Å². The second-order valence-corrected chi connectivity index (χ2v) is 7.06. The van der Waals surface area contributed by atoms with Crippen molar-refractivity contribution in [3.05, 3.63) is 0 Å². The Balaban J connectivity index is 2.58. The number of rotatable bonds is 4. The van der Waals surface area contributed by atoms with Gasteiger partial charge >= 0.3 is 5.97 Å². The van der Waals surface area contributed by atoms with Gasteiger partial charge in [-0.15, -0.1) is 0 Å². The Labute approximate surface area is 111 Å². The first-order valence-electron chi connectivity index (χ1n) is 7.15. The minimum Gasteiger partial charge on any atom is -0.462 e. The van der Waals surface area contributed by atoms with Gasteiger partial charge < -0.3 is 10.5 Å². The van der Waals surface area contributed by atoms with Crippen LogP contribution in [0.15, 0.2) is 0 Å². The van der Waals surface area contributed by atoms with Crippen molar-refractivity contribution in [3.8, 4) is 0 Å². The van der Waals surface area contributed by atoms with E-state index in [2.05, 4.69) is 20.8 Å². The summed E-state index contributed by atoms with van der Waals surface area (Å²) in [5.41, 5.74) is 5.94. The Hall–Kier alpha value is -0.570. The van der Waals surface area contributed by atoms with Crippen LogP contribution in [0.4, 0.5) is 0 Å². The number of hydrogen-bond acceptors (Lipinski definition) is 3. The van der Waals surface area contributed by atoms with E-state index in [-0.39, 0.29) is 29.3 Å². The number of hydrogen-bond donors (Lipinski definition) is 1. The van der Waals surface area contributed by atoms with E-state index in [1.165, 1.54) is 6.42 Å². The predicted molar refractivity (Wildman–Crippen MR) is 74.1 cm³/mol. The quantitative estimate of drug-likeness (QED) is 0.786. The van der Waals surface area contributed by atoms with Crippen molar-refractivity contribution >= 4 is 5.97 Å². The Morgan fingerprint density at radius 2 is 2.00 bits per heavy atom. The van der Waals surface area contributed by atoms with Crippen molar-refractivity contribution in [2.75, 3.05) is 6.54 Å². The van der Waals surface area contributed by atoms with E-state index in [1.807, 2.05) is 13.8 Å². The van der Waals surface area contributed by atoms with Gasteiger partial charge in [-0.25, -0.2) is 0 Å². The Morgan fingerprint density at radius 3 is 2.44 bits per heavy atom. The van der Waals surface area contributed by atoms with Gasteiger partial charge in [-0.1, -0.05) is 34.6 Å². The predicted octanol–water partition coefficient (Wildman–Crippen LogP) is 2.98. The summed E-state index contributed by atoms with van der Waals surface area (Å²) in [6.45, 7) is 11.2. The molecule has 18 heavy (non-hydrogen) atoms. The molecule has 0 heterocycles.